The number of fused-ring (bicyclic) bond motifs is 3. The molecule has 0 aliphatic carbocycles. The number of para-hydroxylation sites is 5. The first kappa shape index (κ1) is 20.9. The minimum absolute atomic E-state index is 0.795. The summed E-state index contributed by atoms with van der Waals surface area (Å²) in [7, 11) is 0. The van der Waals surface area contributed by atoms with Crippen molar-refractivity contribution in [1.29, 1.82) is 0 Å². The van der Waals surface area contributed by atoms with Crippen molar-refractivity contribution < 1.29 is 0 Å². The fraction of sp³-hybridized carbons (Fsp3) is 0. The second-order valence-electron chi connectivity index (χ2n) is 9.36. The number of hydrogen-bond acceptors (Lipinski definition) is 4. The van der Waals surface area contributed by atoms with Gasteiger partial charge in [0, 0.05) is 11.1 Å². The molecule has 1 aliphatic heterocycles. The fourth-order valence-corrected chi connectivity index (χ4v) is 5.44. The Hall–Kier alpha value is -5.29. The van der Waals surface area contributed by atoms with Gasteiger partial charge in [0.2, 0.25) is 0 Å². The Balaban J connectivity index is 1.49. The Morgan fingerprint density at radius 3 is 1.76 bits per heavy atom. The van der Waals surface area contributed by atoms with Crippen LogP contribution in [0.4, 0.5) is 17.2 Å². The Morgan fingerprint density at radius 1 is 0.421 bits per heavy atom. The van der Waals surface area contributed by atoms with E-state index in [0.29, 0.717) is 0 Å². The number of hydrogen-bond donors (Lipinski definition) is 0. The van der Waals surface area contributed by atoms with Gasteiger partial charge in [0.1, 0.15) is 11.5 Å². The number of rotatable bonds is 3. The van der Waals surface area contributed by atoms with Gasteiger partial charge in [-0.2, -0.15) is 0 Å². The SMILES string of the molecule is c1ccc(-c2nc3ccccc3nc2N2c3ccccc3-n3c(-c4ccccc4)nc4cccc2c43)cc1. The van der Waals surface area contributed by atoms with Crippen molar-refractivity contribution in [3.05, 3.63) is 127 Å². The van der Waals surface area contributed by atoms with Crippen LogP contribution in [0.25, 0.3) is 50.4 Å². The third kappa shape index (κ3) is 3.02. The fourth-order valence-electron chi connectivity index (χ4n) is 5.44. The average Bonchev–Trinajstić information content (AvgIpc) is 3.39. The molecular formula is C33H21N5. The van der Waals surface area contributed by atoms with Gasteiger partial charge in [0.25, 0.3) is 0 Å². The molecule has 0 N–H and O–H groups in total. The molecule has 0 atom stereocenters. The molecule has 8 rings (SSSR count). The average molecular weight is 488 g/mol. The highest BCUT2D eigenvalue weighted by atomic mass is 15.3. The highest BCUT2D eigenvalue weighted by Gasteiger charge is 2.31. The van der Waals surface area contributed by atoms with Crippen LogP contribution < -0.4 is 4.90 Å². The molecule has 1 aliphatic rings. The van der Waals surface area contributed by atoms with Gasteiger partial charge in [-0.05, 0) is 36.4 Å². The zero-order valence-electron chi connectivity index (χ0n) is 20.4. The molecule has 3 heterocycles. The molecule has 5 nitrogen and oxygen atoms in total. The number of benzene rings is 5. The third-order valence-electron chi connectivity index (χ3n) is 7.10. The number of imidazole rings is 1. The Bertz CT molecular complexity index is 1980. The smallest absolute Gasteiger partial charge is 0.165 e. The second kappa shape index (κ2) is 8.11. The van der Waals surface area contributed by atoms with Crippen molar-refractivity contribution in [3.63, 3.8) is 0 Å². The predicted octanol–water partition coefficient (Wildman–Crippen LogP) is 8.09. The van der Waals surface area contributed by atoms with E-state index in [2.05, 4.69) is 88.3 Å². The zero-order valence-corrected chi connectivity index (χ0v) is 20.4. The van der Waals surface area contributed by atoms with Crippen LogP contribution in [0, 0.1) is 0 Å². The molecule has 38 heavy (non-hydrogen) atoms. The van der Waals surface area contributed by atoms with E-state index in [1.807, 2.05) is 48.5 Å². The topological polar surface area (TPSA) is 46.8 Å². The van der Waals surface area contributed by atoms with Gasteiger partial charge in [-0.1, -0.05) is 91.0 Å². The highest BCUT2D eigenvalue weighted by molar-refractivity contribution is 6.04. The van der Waals surface area contributed by atoms with Crippen LogP contribution in [0.3, 0.4) is 0 Å². The summed E-state index contributed by atoms with van der Waals surface area (Å²) in [5.74, 6) is 1.72. The molecule has 5 aromatic carbocycles. The van der Waals surface area contributed by atoms with E-state index in [0.717, 1.165) is 67.6 Å². The molecule has 0 fully saturated rings. The predicted molar refractivity (Wildman–Crippen MR) is 153 cm³/mol. The van der Waals surface area contributed by atoms with E-state index in [4.69, 9.17) is 15.0 Å². The maximum atomic E-state index is 5.23. The number of anilines is 3. The van der Waals surface area contributed by atoms with Gasteiger partial charge in [0.15, 0.2) is 5.82 Å². The van der Waals surface area contributed by atoms with Crippen LogP contribution in [0.2, 0.25) is 0 Å². The van der Waals surface area contributed by atoms with Crippen molar-refractivity contribution >= 4 is 39.3 Å². The largest absolute Gasteiger partial charge is 0.289 e. The van der Waals surface area contributed by atoms with E-state index in [-0.39, 0.29) is 0 Å². The summed E-state index contributed by atoms with van der Waals surface area (Å²) < 4.78 is 2.28. The third-order valence-corrected chi connectivity index (χ3v) is 7.10. The summed E-state index contributed by atoms with van der Waals surface area (Å²) in [4.78, 5) is 17.7. The number of nitrogens with zero attached hydrogens (tertiary/aromatic N) is 5. The highest BCUT2D eigenvalue weighted by Crippen LogP contribution is 2.49. The van der Waals surface area contributed by atoms with Crippen molar-refractivity contribution in [2.75, 3.05) is 4.90 Å². The van der Waals surface area contributed by atoms with Gasteiger partial charge in [-0.25, -0.2) is 15.0 Å². The van der Waals surface area contributed by atoms with Crippen molar-refractivity contribution in [2.24, 2.45) is 0 Å². The lowest BCUT2D eigenvalue weighted by molar-refractivity contribution is 1.05. The van der Waals surface area contributed by atoms with Gasteiger partial charge in [0.05, 0.1) is 39.1 Å². The summed E-state index contributed by atoms with van der Waals surface area (Å²) in [5.41, 5.74) is 9.78. The van der Waals surface area contributed by atoms with E-state index < -0.39 is 0 Å². The summed E-state index contributed by atoms with van der Waals surface area (Å²) in [5, 5.41) is 0. The van der Waals surface area contributed by atoms with E-state index >= 15 is 0 Å². The molecule has 178 valence electrons. The Kier molecular flexibility index (Phi) is 4.45. The van der Waals surface area contributed by atoms with Crippen LogP contribution in [0.15, 0.2) is 127 Å². The normalized spacial score (nSPS) is 12.2. The quantitative estimate of drug-likeness (QED) is 0.253. The first-order valence-corrected chi connectivity index (χ1v) is 12.7. The van der Waals surface area contributed by atoms with E-state index in [9.17, 15) is 0 Å². The van der Waals surface area contributed by atoms with Crippen LogP contribution in [0.1, 0.15) is 0 Å². The van der Waals surface area contributed by atoms with E-state index in [1.54, 1.807) is 0 Å². The number of aromatic nitrogens is 4. The molecule has 5 heteroatoms. The lowest BCUT2D eigenvalue weighted by Crippen LogP contribution is -2.20. The minimum Gasteiger partial charge on any atom is -0.289 e. The monoisotopic (exact) mass is 487 g/mol. The first-order chi connectivity index (χ1) is 18.9. The summed E-state index contributed by atoms with van der Waals surface area (Å²) in [6.07, 6.45) is 0. The molecule has 0 amide bonds. The van der Waals surface area contributed by atoms with Crippen LogP contribution >= 0.6 is 0 Å². The molecule has 7 aromatic rings. The van der Waals surface area contributed by atoms with Crippen LogP contribution in [0.5, 0.6) is 0 Å². The van der Waals surface area contributed by atoms with Gasteiger partial charge in [-0.3, -0.25) is 9.47 Å². The molecule has 0 unspecified atom stereocenters. The second-order valence-corrected chi connectivity index (χ2v) is 9.36. The van der Waals surface area contributed by atoms with Gasteiger partial charge >= 0.3 is 0 Å². The minimum atomic E-state index is 0.795. The summed E-state index contributed by atoms with van der Waals surface area (Å²) in [6, 6.07) is 43.5. The Labute approximate surface area is 219 Å². The lowest BCUT2D eigenvalue weighted by Gasteiger charge is -2.33. The lowest BCUT2D eigenvalue weighted by atomic mass is 10.1. The Morgan fingerprint density at radius 2 is 1.00 bits per heavy atom. The molecule has 0 saturated carbocycles. The van der Waals surface area contributed by atoms with Crippen LogP contribution in [-0.2, 0) is 0 Å². The molecular weight excluding hydrogens is 466 g/mol. The zero-order chi connectivity index (χ0) is 25.1. The van der Waals surface area contributed by atoms with Gasteiger partial charge < -0.3 is 0 Å². The molecule has 2 aromatic heterocycles. The first-order valence-electron chi connectivity index (χ1n) is 12.7. The van der Waals surface area contributed by atoms with Crippen molar-refractivity contribution in [2.45, 2.75) is 0 Å². The van der Waals surface area contributed by atoms with Crippen LogP contribution in [-0.4, -0.2) is 19.5 Å². The molecule has 0 bridgehead atoms. The summed E-state index contributed by atoms with van der Waals surface area (Å²) >= 11 is 0. The maximum absolute atomic E-state index is 5.23. The van der Waals surface area contributed by atoms with Crippen molar-refractivity contribution in [3.8, 4) is 28.3 Å². The van der Waals surface area contributed by atoms with Crippen molar-refractivity contribution in [1.82, 2.24) is 19.5 Å². The maximum Gasteiger partial charge on any atom is 0.165 e. The molecule has 0 saturated heterocycles. The summed E-state index contributed by atoms with van der Waals surface area (Å²) in [6.45, 7) is 0. The molecule has 0 radical (unpaired) electrons. The standard InChI is InChI=1S/C33H21N5/c1-3-12-22(13-4-1)30-33(35-25-17-8-7-16-24(25)34-30)37-27-19-9-10-20-28(27)38-31-26(18-11-21-29(31)37)36-32(38)23-14-5-2-6-15-23/h1-21H. The van der Waals surface area contributed by atoms with Gasteiger partial charge in [-0.15, -0.1) is 0 Å². The molecule has 0 spiro atoms. The van der Waals surface area contributed by atoms with E-state index in [1.165, 1.54) is 0 Å².